The highest BCUT2D eigenvalue weighted by Gasteiger charge is 2.27. The topological polar surface area (TPSA) is 69.0 Å². The molecule has 8 heteroatoms. The summed E-state index contributed by atoms with van der Waals surface area (Å²) in [4.78, 5) is 24.0. The quantitative estimate of drug-likeness (QED) is 0.442. The Balaban J connectivity index is 1.50. The maximum atomic E-state index is 12.7. The number of hydrogen-bond acceptors (Lipinski definition) is 4. The number of piperidine rings is 1. The molecule has 2 atom stereocenters. The molecule has 0 radical (unpaired) electrons. The zero-order chi connectivity index (χ0) is 20.8. The van der Waals surface area contributed by atoms with Crippen molar-refractivity contribution < 1.29 is 4.79 Å². The van der Waals surface area contributed by atoms with E-state index in [-0.39, 0.29) is 5.91 Å². The summed E-state index contributed by atoms with van der Waals surface area (Å²) in [6.45, 7) is 13.7. The van der Waals surface area contributed by atoms with Crippen molar-refractivity contribution in [1.29, 1.82) is 0 Å². The van der Waals surface area contributed by atoms with E-state index >= 15 is 0 Å². The second-order valence-corrected chi connectivity index (χ2v) is 8.63. The summed E-state index contributed by atoms with van der Waals surface area (Å²) >= 11 is 0. The van der Waals surface area contributed by atoms with Gasteiger partial charge in [-0.3, -0.25) is 14.5 Å². The fourth-order valence-corrected chi connectivity index (χ4v) is 4.55. The number of hydrogen-bond donors (Lipinski definition) is 1. The largest absolute Gasteiger partial charge is 0.357 e. The molecule has 1 aromatic rings. The average molecular weight is 404 g/mol. The van der Waals surface area contributed by atoms with Gasteiger partial charge in [-0.15, -0.1) is 0 Å². The minimum atomic E-state index is 0.0890. The molecule has 0 bridgehead atoms. The number of aromatic nitrogens is 2. The summed E-state index contributed by atoms with van der Waals surface area (Å²) in [5.41, 5.74) is 0.865. The summed E-state index contributed by atoms with van der Waals surface area (Å²) in [5, 5.41) is 7.54. The molecule has 0 aliphatic carbocycles. The number of aryl methyl sites for hydroxylation is 1. The van der Waals surface area contributed by atoms with E-state index in [9.17, 15) is 4.79 Å². The van der Waals surface area contributed by atoms with Crippen LogP contribution in [-0.2, 0) is 11.8 Å². The van der Waals surface area contributed by atoms with Gasteiger partial charge in [0.1, 0.15) is 6.54 Å². The lowest BCUT2D eigenvalue weighted by Crippen LogP contribution is -2.55. The Bertz CT molecular complexity index is 691. The number of anilines is 1. The van der Waals surface area contributed by atoms with Gasteiger partial charge in [-0.25, -0.2) is 0 Å². The fourth-order valence-electron chi connectivity index (χ4n) is 4.55. The molecule has 2 unspecified atom stereocenters. The fraction of sp³-hybridized carbons (Fsp3) is 0.762. The van der Waals surface area contributed by atoms with Crippen LogP contribution in [0.15, 0.2) is 17.4 Å². The molecule has 2 fully saturated rings. The number of piperazine rings is 1. The van der Waals surface area contributed by atoms with Crippen LogP contribution in [0.4, 0.5) is 5.69 Å². The number of carbonyl (C=O) groups is 1. The van der Waals surface area contributed by atoms with Crippen molar-refractivity contribution in [1.82, 2.24) is 24.9 Å². The van der Waals surface area contributed by atoms with Gasteiger partial charge in [0, 0.05) is 52.5 Å². The van der Waals surface area contributed by atoms with Crippen molar-refractivity contribution in [3.05, 3.63) is 12.4 Å². The van der Waals surface area contributed by atoms with E-state index in [4.69, 9.17) is 4.99 Å². The highest BCUT2D eigenvalue weighted by Crippen LogP contribution is 2.21. The van der Waals surface area contributed by atoms with Gasteiger partial charge in [-0.1, -0.05) is 13.8 Å². The standard InChI is InChI=1S/C21H37N7O/c1-5-22-21(23-7-6-8-26-13-17(2)11-18(3)14-26)27-9-10-28(20(29)16-27)19-12-24-25(4)15-19/h12,15,17-18H,5-11,13-14,16H2,1-4H3,(H,22,23). The first-order chi connectivity index (χ1) is 14.0. The minimum Gasteiger partial charge on any atom is -0.357 e. The molecule has 3 rings (SSSR count). The molecule has 2 aliphatic rings. The molecular weight excluding hydrogens is 366 g/mol. The first kappa shape index (κ1) is 21.6. The zero-order valence-corrected chi connectivity index (χ0v) is 18.5. The Hall–Kier alpha value is -2.09. The summed E-state index contributed by atoms with van der Waals surface area (Å²) in [6.07, 6.45) is 6.03. The third-order valence-corrected chi connectivity index (χ3v) is 5.70. The van der Waals surface area contributed by atoms with Crippen LogP contribution in [0.25, 0.3) is 0 Å². The number of carbonyl (C=O) groups excluding carboxylic acids is 1. The van der Waals surface area contributed by atoms with Gasteiger partial charge in [0.2, 0.25) is 5.91 Å². The number of rotatable bonds is 6. The highest BCUT2D eigenvalue weighted by molar-refractivity contribution is 5.98. The number of likely N-dealkylation sites (tertiary alicyclic amines) is 1. The van der Waals surface area contributed by atoms with Gasteiger partial charge in [-0.05, 0) is 38.1 Å². The molecule has 1 aromatic heterocycles. The Labute approximate surface area is 174 Å². The smallest absolute Gasteiger partial charge is 0.246 e. The predicted octanol–water partition coefficient (Wildman–Crippen LogP) is 1.40. The monoisotopic (exact) mass is 403 g/mol. The Morgan fingerprint density at radius 1 is 1.28 bits per heavy atom. The van der Waals surface area contributed by atoms with Crippen molar-refractivity contribution >= 4 is 17.6 Å². The van der Waals surface area contributed by atoms with E-state index in [2.05, 4.69) is 41.0 Å². The third-order valence-electron chi connectivity index (χ3n) is 5.70. The van der Waals surface area contributed by atoms with Gasteiger partial charge < -0.3 is 20.0 Å². The highest BCUT2D eigenvalue weighted by atomic mass is 16.2. The van der Waals surface area contributed by atoms with Crippen LogP contribution in [0.2, 0.25) is 0 Å². The SMILES string of the molecule is CCNC(=NCCCN1CC(C)CC(C)C1)N1CCN(c2cnn(C)c2)C(=O)C1. The van der Waals surface area contributed by atoms with Crippen molar-refractivity contribution in [3.8, 4) is 0 Å². The second kappa shape index (κ2) is 10.1. The number of guanidine groups is 1. The molecule has 0 saturated carbocycles. The van der Waals surface area contributed by atoms with Crippen LogP contribution in [0.3, 0.4) is 0 Å². The third kappa shape index (κ3) is 5.95. The van der Waals surface area contributed by atoms with Crippen molar-refractivity contribution in [2.75, 3.05) is 57.3 Å². The molecule has 1 amide bonds. The lowest BCUT2D eigenvalue weighted by Gasteiger charge is -2.35. The van der Waals surface area contributed by atoms with E-state index in [1.807, 2.05) is 18.1 Å². The van der Waals surface area contributed by atoms with Gasteiger partial charge in [0.15, 0.2) is 5.96 Å². The van der Waals surface area contributed by atoms with E-state index in [0.29, 0.717) is 13.1 Å². The molecule has 0 spiro atoms. The number of nitrogens with one attached hydrogen (secondary N) is 1. The van der Waals surface area contributed by atoms with Gasteiger partial charge >= 0.3 is 0 Å². The minimum absolute atomic E-state index is 0.0890. The van der Waals surface area contributed by atoms with Crippen LogP contribution in [0.1, 0.15) is 33.6 Å². The number of aliphatic imine (C=N–C) groups is 1. The molecule has 0 aromatic carbocycles. The molecule has 2 aliphatic heterocycles. The van der Waals surface area contributed by atoms with E-state index in [0.717, 1.165) is 56.1 Å². The van der Waals surface area contributed by atoms with Gasteiger partial charge in [0.25, 0.3) is 0 Å². The first-order valence-corrected chi connectivity index (χ1v) is 11.0. The van der Waals surface area contributed by atoms with Crippen molar-refractivity contribution in [2.45, 2.75) is 33.6 Å². The maximum Gasteiger partial charge on any atom is 0.246 e. The van der Waals surface area contributed by atoms with Crippen LogP contribution < -0.4 is 10.2 Å². The molecular formula is C21H37N7O. The van der Waals surface area contributed by atoms with Crippen LogP contribution in [0, 0.1) is 11.8 Å². The Morgan fingerprint density at radius 2 is 2.03 bits per heavy atom. The Kier molecular flexibility index (Phi) is 7.52. The molecule has 1 N–H and O–H groups in total. The molecule has 162 valence electrons. The Morgan fingerprint density at radius 3 is 2.66 bits per heavy atom. The summed E-state index contributed by atoms with van der Waals surface area (Å²) in [6, 6.07) is 0. The molecule has 29 heavy (non-hydrogen) atoms. The van der Waals surface area contributed by atoms with E-state index < -0.39 is 0 Å². The van der Waals surface area contributed by atoms with Crippen LogP contribution in [0.5, 0.6) is 0 Å². The van der Waals surface area contributed by atoms with Crippen molar-refractivity contribution in [3.63, 3.8) is 0 Å². The van der Waals surface area contributed by atoms with E-state index in [1.54, 1.807) is 10.9 Å². The maximum absolute atomic E-state index is 12.7. The lowest BCUT2D eigenvalue weighted by atomic mass is 9.92. The normalized spacial score (nSPS) is 24.3. The van der Waals surface area contributed by atoms with Gasteiger partial charge in [-0.2, -0.15) is 5.10 Å². The van der Waals surface area contributed by atoms with Crippen LogP contribution in [-0.4, -0.2) is 83.8 Å². The molecule has 2 saturated heterocycles. The number of amides is 1. The van der Waals surface area contributed by atoms with Crippen molar-refractivity contribution in [2.24, 2.45) is 23.9 Å². The zero-order valence-electron chi connectivity index (χ0n) is 18.5. The molecule has 8 nitrogen and oxygen atoms in total. The predicted molar refractivity (Wildman–Crippen MR) is 117 cm³/mol. The van der Waals surface area contributed by atoms with Crippen LogP contribution >= 0.6 is 0 Å². The van der Waals surface area contributed by atoms with E-state index in [1.165, 1.54) is 19.5 Å². The second-order valence-electron chi connectivity index (χ2n) is 8.63. The first-order valence-electron chi connectivity index (χ1n) is 11.0. The summed E-state index contributed by atoms with van der Waals surface area (Å²) in [7, 11) is 1.87. The lowest BCUT2D eigenvalue weighted by molar-refractivity contribution is -0.120. The average Bonchev–Trinajstić information content (AvgIpc) is 3.09. The number of nitrogens with zero attached hydrogens (tertiary/aromatic N) is 6. The summed E-state index contributed by atoms with van der Waals surface area (Å²) in [5.74, 6) is 2.53. The summed E-state index contributed by atoms with van der Waals surface area (Å²) < 4.78 is 1.73. The molecule has 3 heterocycles. The van der Waals surface area contributed by atoms with Gasteiger partial charge in [0.05, 0.1) is 11.9 Å².